The van der Waals surface area contributed by atoms with Gasteiger partial charge in [-0.15, -0.1) is 0 Å². The van der Waals surface area contributed by atoms with Crippen LogP contribution in [0, 0.1) is 6.92 Å². The molecule has 2 aromatic carbocycles. The summed E-state index contributed by atoms with van der Waals surface area (Å²) in [6, 6.07) is 14.8. The fourth-order valence-electron chi connectivity index (χ4n) is 1.84. The van der Waals surface area contributed by atoms with Gasteiger partial charge in [-0.1, -0.05) is 47.1 Å². The summed E-state index contributed by atoms with van der Waals surface area (Å²) in [6.07, 6.45) is 0. The normalized spacial score (nSPS) is 11.7. The van der Waals surface area contributed by atoms with Gasteiger partial charge in [-0.05, 0) is 57.5 Å². The first-order chi connectivity index (χ1) is 9.83. The maximum Gasteiger partial charge on any atom is 0.0548 e. The molecule has 0 amide bonds. The van der Waals surface area contributed by atoms with Crippen LogP contribution in [0.25, 0.3) is 0 Å². The molecule has 2 rings (SSSR count). The van der Waals surface area contributed by atoms with E-state index in [1.54, 1.807) is 11.8 Å². The zero-order chi connectivity index (χ0) is 15.5. The Labute approximate surface area is 137 Å². The van der Waals surface area contributed by atoms with Crippen molar-refractivity contribution in [2.24, 2.45) is 0 Å². The molecule has 21 heavy (non-hydrogen) atoms. The van der Waals surface area contributed by atoms with Crippen LogP contribution in [0.2, 0.25) is 5.02 Å². The van der Waals surface area contributed by atoms with Gasteiger partial charge in [0.15, 0.2) is 0 Å². The molecular weight excluding hydrogens is 298 g/mol. The van der Waals surface area contributed by atoms with Gasteiger partial charge >= 0.3 is 0 Å². The molecule has 0 aromatic heterocycles. The van der Waals surface area contributed by atoms with Crippen LogP contribution in [0.15, 0.2) is 52.3 Å². The van der Waals surface area contributed by atoms with Gasteiger partial charge in [-0.25, -0.2) is 0 Å². The minimum Gasteiger partial charge on any atom is -0.308 e. The first-order valence-corrected chi connectivity index (χ1v) is 8.31. The average Bonchev–Trinajstić information content (AvgIpc) is 2.41. The lowest BCUT2D eigenvalue weighted by molar-refractivity contribution is 0.424. The van der Waals surface area contributed by atoms with Gasteiger partial charge in [0, 0.05) is 21.9 Å². The lowest BCUT2D eigenvalue weighted by Crippen LogP contribution is -2.35. The Morgan fingerprint density at radius 3 is 2.29 bits per heavy atom. The molecule has 112 valence electrons. The van der Waals surface area contributed by atoms with E-state index in [1.165, 1.54) is 16.0 Å². The molecular formula is C18H22ClNS. The third-order valence-electron chi connectivity index (χ3n) is 3.07. The van der Waals surface area contributed by atoms with Crippen molar-refractivity contribution in [1.29, 1.82) is 0 Å². The van der Waals surface area contributed by atoms with E-state index < -0.39 is 0 Å². The summed E-state index contributed by atoms with van der Waals surface area (Å²) in [5.41, 5.74) is 2.60. The molecule has 0 bridgehead atoms. The Bertz CT molecular complexity index is 600. The van der Waals surface area contributed by atoms with Crippen molar-refractivity contribution in [3.8, 4) is 0 Å². The third kappa shape index (κ3) is 5.39. The maximum atomic E-state index is 6.41. The van der Waals surface area contributed by atoms with Crippen LogP contribution in [0.1, 0.15) is 31.9 Å². The molecule has 0 saturated heterocycles. The molecule has 0 atom stereocenters. The summed E-state index contributed by atoms with van der Waals surface area (Å²) in [7, 11) is 0. The highest BCUT2D eigenvalue weighted by Gasteiger charge is 2.09. The predicted octanol–water partition coefficient (Wildman–Crippen LogP) is 5.69. The van der Waals surface area contributed by atoms with Gasteiger partial charge in [-0.2, -0.15) is 0 Å². The monoisotopic (exact) mass is 319 g/mol. The smallest absolute Gasteiger partial charge is 0.0548 e. The van der Waals surface area contributed by atoms with Crippen molar-refractivity contribution >= 4 is 23.4 Å². The Morgan fingerprint density at radius 2 is 1.71 bits per heavy atom. The molecule has 1 nitrogen and oxygen atoms in total. The summed E-state index contributed by atoms with van der Waals surface area (Å²) in [6.45, 7) is 9.42. The highest BCUT2D eigenvalue weighted by atomic mass is 35.5. The Kier molecular flexibility index (Phi) is 5.37. The second kappa shape index (κ2) is 6.87. The number of hydrogen-bond donors (Lipinski definition) is 1. The van der Waals surface area contributed by atoms with Gasteiger partial charge in [0.2, 0.25) is 0 Å². The topological polar surface area (TPSA) is 12.0 Å². The highest BCUT2D eigenvalue weighted by Crippen LogP contribution is 2.33. The molecule has 3 heteroatoms. The van der Waals surface area contributed by atoms with Crippen molar-refractivity contribution in [1.82, 2.24) is 5.32 Å². The zero-order valence-electron chi connectivity index (χ0n) is 13.0. The third-order valence-corrected chi connectivity index (χ3v) is 4.58. The summed E-state index contributed by atoms with van der Waals surface area (Å²) < 4.78 is 0. The lowest BCUT2D eigenvalue weighted by Gasteiger charge is -2.20. The Morgan fingerprint density at radius 1 is 1.05 bits per heavy atom. The summed E-state index contributed by atoms with van der Waals surface area (Å²) in [4.78, 5) is 2.31. The van der Waals surface area contributed by atoms with Crippen LogP contribution in [0.3, 0.4) is 0 Å². The molecule has 0 fully saturated rings. The number of halogens is 1. The quantitative estimate of drug-likeness (QED) is 0.777. The van der Waals surface area contributed by atoms with Gasteiger partial charge in [0.25, 0.3) is 0 Å². The number of benzene rings is 2. The standard InChI is InChI=1S/C18H22ClNS/c1-13-5-8-15(9-6-13)21-17-10-7-14(11-16(17)19)12-20-18(2,3)4/h5-11,20H,12H2,1-4H3. The molecule has 0 spiro atoms. The minimum atomic E-state index is 0.113. The molecule has 0 aliphatic heterocycles. The number of aryl methyl sites for hydroxylation is 1. The first kappa shape index (κ1) is 16.4. The van der Waals surface area contributed by atoms with Crippen molar-refractivity contribution in [3.63, 3.8) is 0 Å². The minimum absolute atomic E-state index is 0.113. The average molecular weight is 320 g/mol. The molecule has 0 aliphatic rings. The zero-order valence-corrected chi connectivity index (χ0v) is 14.6. The van der Waals surface area contributed by atoms with Gasteiger partial charge < -0.3 is 5.32 Å². The molecule has 0 radical (unpaired) electrons. The van der Waals surface area contributed by atoms with Gasteiger partial charge in [0.1, 0.15) is 0 Å². The summed E-state index contributed by atoms with van der Waals surface area (Å²) in [5, 5.41) is 4.29. The van der Waals surface area contributed by atoms with Crippen molar-refractivity contribution in [2.45, 2.75) is 49.6 Å². The van der Waals surface area contributed by atoms with Crippen LogP contribution >= 0.6 is 23.4 Å². The highest BCUT2D eigenvalue weighted by molar-refractivity contribution is 7.99. The summed E-state index contributed by atoms with van der Waals surface area (Å²) >= 11 is 8.11. The van der Waals surface area contributed by atoms with Gasteiger partial charge in [0.05, 0.1) is 5.02 Å². The van der Waals surface area contributed by atoms with Crippen LogP contribution in [0.5, 0.6) is 0 Å². The van der Waals surface area contributed by atoms with Crippen LogP contribution < -0.4 is 5.32 Å². The largest absolute Gasteiger partial charge is 0.308 e. The SMILES string of the molecule is Cc1ccc(Sc2ccc(CNC(C)(C)C)cc2Cl)cc1. The Balaban J connectivity index is 2.07. The van der Waals surface area contributed by atoms with Crippen LogP contribution in [0.4, 0.5) is 0 Å². The van der Waals surface area contributed by atoms with E-state index >= 15 is 0 Å². The van der Waals surface area contributed by atoms with Crippen LogP contribution in [-0.2, 0) is 6.54 Å². The number of nitrogens with one attached hydrogen (secondary N) is 1. The molecule has 0 unspecified atom stereocenters. The summed E-state index contributed by atoms with van der Waals surface area (Å²) in [5.74, 6) is 0. The van der Waals surface area contributed by atoms with Crippen molar-refractivity contribution in [3.05, 3.63) is 58.6 Å². The number of hydrogen-bond acceptors (Lipinski definition) is 2. The molecule has 2 aromatic rings. The van der Waals surface area contributed by atoms with E-state index in [-0.39, 0.29) is 5.54 Å². The van der Waals surface area contributed by atoms with E-state index in [0.29, 0.717) is 0 Å². The van der Waals surface area contributed by atoms with E-state index in [0.717, 1.165) is 16.5 Å². The van der Waals surface area contributed by atoms with Crippen molar-refractivity contribution in [2.75, 3.05) is 0 Å². The second-order valence-electron chi connectivity index (χ2n) is 6.28. The Hall–Kier alpha value is -0.960. The molecule has 0 heterocycles. The molecule has 0 aliphatic carbocycles. The number of rotatable bonds is 4. The van der Waals surface area contributed by atoms with E-state index in [1.807, 2.05) is 0 Å². The second-order valence-corrected chi connectivity index (χ2v) is 7.81. The van der Waals surface area contributed by atoms with Crippen molar-refractivity contribution < 1.29 is 0 Å². The van der Waals surface area contributed by atoms with Crippen LogP contribution in [-0.4, -0.2) is 5.54 Å². The van der Waals surface area contributed by atoms with E-state index in [4.69, 9.17) is 11.6 Å². The first-order valence-electron chi connectivity index (χ1n) is 7.11. The van der Waals surface area contributed by atoms with E-state index in [2.05, 4.69) is 75.5 Å². The lowest BCUT2D eigenvalue weighted by atomic mass is 10.1. The molecule has 1 N–H and O–H groups in total. The fourth-order valence-corrected chi connectivity index (χ4v) is 2.98. The van der Waals surface area contributed by atoms with E-state index in [9.17, 15) is 0 Å². The predicted molar refractivity (Wildman–Crippen MR) is 93.3 cm³/mol. The fraction of sp³-hybridized carbons (Fsp3) is 0.333. The van der Waals surface area contributed by atoms with Gasteiger partial charge in [-0.3, -0.25) is 0 Å². The maximum absolute atomic E-state index is 6.41. The molecule has 0 saturated carbocycles.